The first kappa shape index (κ1) is 9.02. The molecule has 1 aromatic heterocycles. The minimum Gasteiger partial charge on any atom is -0.233 e. The molecular weight excluding hydrogens is 209 g/mol. The van der Waals surface area contributed by atoms with Crippen LogP contribution in [0.3, 0.4) is 0 Å². The molecule has 0 aliphatic heterocycles. The van der Waals surface area contributed by atoms with Crippen LogP contribution in [0.15, 0.2) is 30.3 Å². The zero-order valence-corrected chi connectivity index (χ0v) is 7.66. The summed E-state index contributed by atoms with van der Waals surface area (Å²) in [6.45, 7) is 0. The molecule has 72 valence electrons. The lowest BCUT2D eigenvalue weighted by molar-refractivity contribution is -0.0611. The van der Waals surface area contributed by atoms with Gasteiger partial charge in [0.25, 0.3) is 0 Å². The van der Waals surface area contributed by atoms with E-state index in [2.05, 4.69) is 4.94 Å². The number of rotatable bonds is 0. The summed E-state index contributed by atoms with van der Waals surface area (Å²) in [5.41, 5.74) is 0.514. The molecule has 0 fully saturated rings. The van der Waals surface area contributed by atoms with Crippen LogP contribution in [0.2, 0.25) is 5.15 Å². The van der Waals surface area contributed by atoms with Crippen LogP contribution < -0.4 is 0 Å². The molecule has 2 rings (SSSR count). The van der Waals surface area contributed by atoms with Gasteiger partial charge in [-0.05, 0) is 12.1 Å². The number of carbonyl (C=O) groups is 1. The van der Waals surface area contributed by atoms with Crippen LogP contribution in [0.5, 0.6) is 0 Å². The number of benzene rings is 1. The number of hydrogen-bond donors (Lipinski definition) is 0. The Bertz CT molecular complexity index is 495. The molecule has 1 aromatic carbocycles. The number of carbonyl (C=O) groups excluding carboxylic acids is 1. The molecule has 5 heteroatoms. The molecule has 2 aromatic rings. The van der Waals surface area contributed by atoms with Crippen LogP contribution >= 0.6 is 11.6 Å². The van der Waals surface area contributed by atoms with Gasteiger partial charge in [0.15, 0.2) is 0 Å². The molecule has 0 radical (unpaired) electrons. The second-order valence-electron chi connectivity index (χ2n) is 2.70. The van der Waals surface area contributed by atoms with Crippen LogP contribution in [-0.4, -0.2) is 10.7 Å². The van der Waals surface area contributed by atoms with Crippen molar-refractivity contribution in [3.05, 3.63) is 35.5 Å². The Morgan fingerprint density at radius 1 is 1.43 bits per heavy atom. The smallest absolute Gasteiger partial charge is 0.233 e. The van der Waals surface area contributed by atoms with Crippen molar-refractivity contribution in [3.8, 4) is 0 Å². The Morgan fingerprint density at radius 2 is 2.14 bits per heavy atom. The first-order valence-corrected chi connectivity index (χ1v) is 4.21. The summed E-state index contributed by atoms with van der Waals surface area (Å²) in [4.78, 5) is 14.1. The predicted octanol–water partition coefficient (Wildman–Crippen LogP) is 3.16. The molecular formula is C9H5ClFNO2. The number of halogens is 2. The summed E-state index contributed by atoms with van der Waals surface area (Å²) in [7, 11) is 0. The van der Waals surface area contributed by atoms with Gasteiger partial charge in [0.1, 0.15) is 5.15 Å². The van der Waals surface area contributed by atoms with Crippen molar-refractivity contribution in [1.29, 1.82) is 0 Å². The van der Waals surface area contributed by atoms with Crippen molar-refractivity contribution < 1.29 is 14.3 Å². The Balaban J connectivity index is 2.74. The van der Waals surface area contributed by atoms with E-state index in [9.17, 15) is 9.32 Å². The monoisotopic (exact) mass is 213 g/mol. The van der Waals surface area contributed by atoms with Gasteiger partial charge >= 0.3 is 6.09 Å². The lowest BCUT2D eigenvalue weighted by atomic mass is 10.2. The molecule has 0 spiro atoms. The van der Waals surface area contributed by atoms with E-state index in [1.54, 1.807) is 30.3 Å². The van der Waals surface area contributed by atoms with E-state index in [1.807, 2.05) is 0 Å². The fraction of sp³-hybridized carbons (Fsp3) is 0. The molecule has 0 unspecified atom stereocenters. The second kappa shape index (κ2) is 3.31. The molecule has 0 saturated carbocycles. The van der Waals surface area contributed by atoms with Gasteiger partial charge in [-0.15, -0.1) is 0 Å². The van der Waals surface area contributed by atoms with E-state index in [4.69, 9.17) is 11.6 Å². The molecule has 0 saturated heterocycles. The fourth-order valence-corrected chi connectivity index (χ4v) is 1.62. The zero-order valence-electron chi connectivity index (χ0n) is 6.91. The van der Waals surface area contributed by atoms with Gasteiger partial charge in [-0.25, -0.2) is 14.3 Å². The van der Waals surface area contributed by atoms with E-state index in [1.165, 1.54) is 0 Å². The molecule has 0 aliphatic rings. The number of aromatic nitrogens is 1. The Labute approximate surface area is 83.5 Å². The van der Waals surface area contributed by atoms with Crippen molar-refractivity contribution in [2.24, 2.45) is 0 Å². The van der Waals surface area contributed by atoms with Gasteiger partial charge in [0.2, 0.25) is 0 Å². The lowest BCUT2D eigenvalue weighted by Crippen LogP contribution is -2.08. The van der Waals surface area contributed by atoms with E-state index in [-0.39, 0.29) is 5.15 Å². The summed E-state index contributed by atoms with van der Waals surface area (Å²) in [5.74, 6) is 0. The van der Waals surface area contributed by atoms with Crippen molar-refractivity contribution in [3.63, 3.8) is 0 Å². The van der Waals surface area contributed by atoms with Crippen molar-refractivity contribution in [2.45, 2.75) is 0 Å². The van der Waals surface area contributed by atoms with Gasteiger partial charge in [-0.1, -0.05) is 29.8 Å². The van der Waals surface area contributed by atoms with Gasteiger partial charge < -0.3 is 0 Å². The van der Waals surface area contributed by atoms with Gasteiger partial charge in [0, 0.05) is 9.91 Å². The molecule has 14 heavy (non-hydrogen) atoms. The minimum atomic E-state index is -1.14. The maximum Gasteiger partial charge on any atom is 0.456 e. The number of para-hydroxylation sites is 1. The third-order valence-corrected chi connectivity index (χ3v) is 2.19. The highest BCUT2D eigenvalue weighted by Gasteiger charge is 2.14. The van der Waals surface area contributed by atoms with Crippen LogP contribution in [0.4, 0.5) is 9.32 Å². The third-order valence-electron chi connectivity index (χ3n) is 1.91. The number of hydrogen-bond acceptors (Lipinski definition) is 2. The summed E-state index contributed by atoms with van der Waals surface area (Å²) >= 11 is 5.74. The maximum atomic E-state index is 11.7. The van der Waals surface area contributed by atoms with Crippen molar-refractivity contribution in [1.82, 2.24) is 4.57 Å². The van der Waals surface area contributed by atoms with Crippen molar-refractivity contribution in [2.75, 3.05) is 0 Å². The van der Waals surface area contributed by atoms with E-state index >= 15 is 0 Å². The van der Waals surface area contributed by atoms with Crippen LogP contribution in [0.25, 0.3) is 10.9 Å². The first-order chi connectivity index (χ1) is 6.74. The topological polar surface area (TPSA) is 31.2 Å². The van der Waals surface area contributed by atoms with Gasteiger partial charge in [-0.3, -0.25) is 0 Å². The quantitative estimate of drug-likeness (QED) is 0.673. The molecule has 0 atom stereocenters. The lowest BCUT2D eigenvalue weighted by Gasteiger charge is -1.99. The van der Waals surface area contributed by atoms with Crippen LogP contribution in [-0.2, 0) is 4.94 Å². The summed E-state index contributed by atoms with van der Waals surface area (Å²) in [6.07, 6.45) is -1.14. The van der Waals surface area contributed by atoms with Gasteiger partial charge in [0.05, 0.1) is 5.52 Å². The largest absolute Gasteiger partial charge is 0.456 e. The Kier molecular flexibility index (Phi) is 2.13. The van der Waals surface area contributed by atoms with Crippen LogP contribution in [0, 0.1) is 0 Å². The molecule has 1 heterocycles. The third kappa shape index (κ3) is 1.24. The summed E-state index contributed by atoms with van der Waals surface area (Å²) in [6, 6.07) is 8.50. The van der Waals surface area contributed by atoms with E-state index in [0.29, 0.717) is 5.52 Å². The molecule has 0 amide bonds. The second-order valence-corrected chi connectivity index (χ2v) is 3.09. The summed E-state index contributed by atoms with van der Waals surface area (Å²) < 4.78 is 12.7. The van der Waals surface area contributed by atoms with Crippen LogP contribution in [0.1, 0.15) is 0 Å². The Morgan fingerprint density at radius 3 is 2.86 bits per heavy atom. The maximum absolute atomic E-state index is 11.7. The molecule has 3 nitrogen and oxygen atoms in total. The highest BCUT2D eigenvalue weighted by atomic mass is 35.5. The van der Waals surface area contributed by atoms with E-state index < -0.39 is 6.09 Å². The number of fused-ring (bicyclic) bond motifs is 1. The highest BCUT2D eigenvalue weighted by Crippen LogP contribution is 2.23. The predicted molar refractivity (Wildman–Crippen MR) is 49.9 cm³/mol. The zero-order chi connectivity index (χ0) is 10.1. The highest BCUT2D eigenvalue weighted by molar-refractivity contribution is 6.32. The summed E-state index contributed by atoms with van der Waals surface area (Å²) in [5, 5.41) is 0.872. The standard InChI is InChI=1S/C9H5ClFNO2/c10-8-5-6-3-1-2-4-7(6)12(8)9(13)14-11/h1-5H. The molecule has 0 bridgehead atoms. The first-order valence-electron chi connectivity index (χ1n) is 3.83. The minimum absolute atomic E-state index is 0.119. The van der Waals surface area contributed by atoms with Crippen molar-refractivity contribution >= 4 is 28.6 Å². The Hall–Kier alpha value is -1.55. The molecule has 0 N–H and O–H groups in total. The fourth-order valence-electron chi connectivity index (χ4n) is 1.34. The average molecular weight is 214 g/mol. The van der Waals surface area contributed by atoms with Gasteiger partial charge in [-0.2, -0.15) is 0 Å². The average Bonchev–Trinajstić information content (AvgIpc) is 2.53. The SMILES string of the molecule is O=C(OF)n1c(Cl)cc2ccccc21. The van der Waals surface area contributed by atoms with E-state index in [0.717, 1.165) is 9.95 Å². The number of nitrogens with zero attached hydrogens (tertiary/aromatic N) is 1. The molecule has 0 aliphatic carbocycles. The normalized spacial score (nSPS) is 10.4.